The van der Waals surface area contributed by atoms with Crippen molar-refractivity contribution in [2.75, 3.05) is 25.6 Å². The molecule has 2 aromatic carbocycles. The van der Waals surface area contributed by atoms with Gasteiger partial charge in [-0.3, -0.25) is 9.78 Å². The van der Waals surface area contributed by atoms with Gasteiger partial charge in [0.1, 0.15) is 34.6 Å². The van der Waals surface area contributed by atoms with Gasteiger partial charge in [0.25, 0.3) is 0 Å². The number of hydrogen-bond acceptors (Lipinski definition) is 6. The molecule has 0 bridgehead atoms. The second-order valence-electron chi connectivity index (χ2n) is 8.47. The first-order valence-corrected chi connectivity index (χ1v) is 11.7. The van der Waals surface area contributed by atoms with Crippen LogP contribution in [-0.4, -0.2) is 41.4 Å². The summed E-state index contributed by atoms with van der Waals surface area (Å²) in [5, 5.41) is 1.03. The molecule has 0 unspecified atom stereocenters. The minimum absolute atomic E-state index is 0.135. The zero-order valence-corrected chi connectivity index (χ0v) is 20.3. The summed E-state index contributed by atoms with van der Waals surface area (Å²) in [6.07, 6.45) is 4.16. The van der Waals surface area contributed by atoms with E-state index in [1.165, 1.54) is 6.33 Å². The van der Waals surface area contributed by atoms with Crippen LogP contribution in [0.5, 0.6) is 5.75 Å². The summed E-state index contributed by atoms with van der Waals surface area (Å²) in [4.78, 5) is 29.1. The van der Waals surface area contributed by atoms with Crippen LogP contribution in [0.25, 0.3) is 22.3 Å². The third kappa shape index (κ3) is 4.19. The molecule has 2 aromatic heterocycles. The van der Waals surface area contributed by atoms with Crippen molar-refractivity contribution in [3.8, 4) is 17.0 Å². The fourth-order valence-corrected chi connectivity index (χ4v) is 5.07. The Kier molecular flexibility index (Phi) is 6.11. The molecule has 1 aliphatic heterocycles. The normalized spacial score (nSPS) is 15.0. The topological polar surface area (TPSA) is 68.2 Å². The predicted molar refractivity (Wildman–Crippen MR) is 135 cm³/mol. The lowest BCUT2D eigenvalue weighted by Crippen LogP contribution is -2.23. The molecule has 172 valence electrons. The molecule has 1 aliphatic rings. The fraction of sp³-hybridized carbons (Fsp3) is 0.231. The average Bonchev–Trinajstić information content (AvgIpc) is 2.82. The molecule has 0 saturated heterocycles. The molecule has 3 heterocycles. The molecule has 0 aliphatic carbocycles. The van der Waals surface area contributed by atoms with Crippen LogP contribution in [0.2, 0.25) is 10.0 Å². The highest BCUT2D eigenvalue weighted by Crippen LogP contribution is 2.37. The van der Waals surface area contributed by atoms with Gasteiger partial charge in [0.05, 0.1) is 12.3 Å². The summed E-state index contributed by atoms with van der Waals surface area (Å²) in [6, 6.07) is 13.0. The van der Waals surface area contributed by atoms with Crippen molar-refractivity contribution in [3.05, 3.63) is 76.2 Å². The van der Waals surface area contributed by atoms with Crippen LogP contribution in [0.4, 0.5) is 5.69 Å². The Balaban J connectivity index is 1.57. The van der Waals surface area contributed by atoms with Crippen LogP contribution in [-0.2, 0) is 11.2 Å². The van der Waals surface area contributed by atoms with E-state index in [4.69, 9.17) is 27.9 Å². The number of benzene rings is 2. The maximum atomic E-state index is 13.4. The number of para-hydroxylation sites is 1. The standard InChI is InChI=1S/C26H22Cl2N4O2/c1-32(2)26-16(11-21(33)19-7-8-34-22-6-4-3-5-20(19)22)13-29-24-23(30-14-31-25(24)26)15-9-17(27)12-18(28)10-15/h3-6,9-10,12-14,19H,7-8,11H2,1-2H3/t19-/m0/s1. The number of fused-ring (bicyclic) bond motifs is 2. The molecule has 8 heteroatoms. The number of rotatable bonds is 5. The summed E-state index contributed by atoms with van der Waals surface area (Å²) in [5.41, 5.74) is 5.29. The summed E-state index contributed by atoms with van der Waals surface area (Å²) < 4.78 is 5.74. The number of hydrogen-bond donors (Lipinski definition) is 0. The van der Waals surface area contributed by atoms with E-state index in [1.807, 2.05) is 43.3 Å². The van der Waals surface area contributed by atoms with Crippen molar-refractivity contribution >= 4 is 45.7 Å². The Morgan fingerprint density at radius 2 is 1.82 bits per heavy atom. The SMILES string of the molecule is CN(C)c1c(CC(=O)[C@H]2CCOc3ccccc32)cnc2c(-c3cc(Cl)cc(Cl)c3)ncnc12. The van der Waals surface area contributed by atoms with Crippen molar-refractivity contribution in [2.45, 2.75) is 18.8 Å². The second kappa shape index (κ2) is 9.20. The number of carbonyl (C=O) groups excluding carboxylic acids is 1. The number of pyridine rings is 1. The molecule has 4 aromatic rings. The van der Waals surface area contributed by atoms with Gasteiger partial charge >= 0.3 is 0 Å². The van der Waals surface area contributed by atoms with E-state index in [0.29, 0.717) is 39.8 Å². The third-order valence-corrected chi connectivity index (χ3v) is 6.43. The van der Waals surface area contributed by atoms with E-state index in [0.717, 1.165) is 28.1 Å². The Labute approximate surface area is 207 Å². The largest absolute Gasteiger partial charge is 0.493 e. The van der Waals surface area contributed by atoms with Gasteiger partial charge in [-0.15, -0.1) is 0 Å². The molecule has 34 heavy (non-hydrogen) atoms. The van der Waals surface area contributed by atoms with E-state index in [1.54, 1.807) is 24.4 Å². The smallest absolute Gasteiger partial charge is 0.145 e. The summed E-state index contributed by atoms with van der Waals surface area (Å²) in [6.45, 7) is 0.530. The first kappa shape index (κ1) is 22.6. The van der Waals surface area contributed by atoms with Gasteiger partial charge in [-0.25, -0.2) is 9.97 Å². The van der Waals surface area contributed by atoms with Crippen LogP contribution in [0.3, 0.4) is 0 Å². The van der Waals surface area contributed by atoms with Crippen molar-refractivity contribution < 1.29 is 9.53 Å². The molecule has 6 nitrogen and oxygen atoms in total. The van der Waals surface area contributed by atoms with Crippen molar-refractivity contribution in [2.24, 2.45) is 0 Å². The van der Waals surface area contributed by atoms with Gasteiger partial charge in [0, 0.05) is 59.4 Å². The Bertz CT molecular complexity index is 1390. The van der Waals surface area contributed by atoms with Gasteiger partial charge in [0.15, 0.2) is 0 Å². The third-order valence-electron chi connectivity index (χ3n) is 6.00. The number of nitrogens with zero attached hydrogens (tertiary/aromatic N) is 4. The number of anilines is 1. The van der Waals surface area contributed by atoms with Crippen LogP contribution >= 0.6 is 23.2 Å². The van der Waals surface area contributed by atoms with Gasteiger partial charge < -0.3 is 9.64 Å². The van der Waals surface area contributed by atoms with Crippen LogP contribution in [0.15, 0.2) is 55.0 Å². The van der Waals surface area contributed by atoms with Crippen molar-refractivity contribution in [1.29, 1.82) is 0 Å². The van der Waals surface area contributed by atoms with Gasteiger partial charge in [0.2, 0.25) is 0 Å². The number of halogens is 2. The molecule has 0 amide bonds. The highest BCUT2D eigenvalue weighted by atomic mass is 35.5. The molecule has 0 fully saturated rings. The van der Waals surface area contributed by atoms with Gasteiger partial charge in [-0.1, -0.05) is 41.4 Å². The maximum absolute atomic E-state index is 13.4. The van der Waals surface area contributed by atoms with Crippen molar-refractivity contribution in [3.63, 3.8) is 0 Å². The molecule has 1 atom stereocenters. The van der Waals surface area contributed by atoms with Crippen molar-refractivity contribution in [1.82, 2.24) is 15.0 Å². The maximum Gasteiger partial charge on any atom is 0.145 e. The highest BCUT2D eigenvalue weighted by molar-refractivity contribution is 6.35. The van der Waals surface area contributed by atoms with Gasteiger partial charge in [-0.2, -0.15) is 0 Å². The molecule has 0 N–H and O–H groups in total. The first-order valence-electron chi connectivity index (χ1n) is 10.9. The van der Waals surface area contributed by atoms with Crippen LogP contribution in [0.1, 0.15) is 23.5 Å². The second-order valence-corrected chi connectivity index (χ2v) is 9.35. The Morgan fingerprint density at radius 1 is 1.06 bits per heavy atom. The molecular weight excluding hydrogens is 471 g/mol. The lowest BCUT2D eigenvalue weighted by atomic mass is 9.86. The van der Waals surface area contributed by atoms with E-state index < -0.39 is 0 Å². The predicted octanol–water partition coefficient (Wildman–Crippen LogP) is 5.74. The number of ether oxygens (including phenoxy) is 1. The summed E-state index contributed by atoms with van der Waals surface area (Å²) in [5.74, 6) is 0.718. The van der Waals surface area contributed by atoms with Gasteiger partial charge in [-0.05, 0) is 30.7 Å². The fourth-order valence-electron chi connectivity index (χ4n) is 4.55. The number of carbonyl (C=O) groups is 1. The lowest BCUT2D eigenvalue weighted by molar-refractivity contribution is -0.120. The summed E-state index contributed by atoms with van der Waals surface area (Å²) in [7, 11) is 3.87. The van der Waals surface area contributed by atoms with Crippen LogP contribution in [0, 0.1) is 0 Å². The molecule has 0 radical (unpaired) electrons. The minimum Gasteiger partial charge on any atom is -0.493 e. The Hall–Kier alpha value is -3.22. The van der Waals surface area contributed by atoms with Crippen LogP contribution < -0.4 is 9.64 Å². The van der Waals surface area contributed by atoms with E-state index in [2.05, 4.69) is 15.0 Å². The van der Waals surface area contributed by atoms with E-state index in [9.17, 15) is 4.79 Å². The monoisotopic (exact) mass is 492 g/mol. The first-order chi connectivity index (χ1) is 16.4. The van der Waals surface area contributed by atoms with E-state index >= 15 is 0 Å². The molecule has 0 spiro atoms. The zero-order chi connectivity index (χ0) is 23.8. The lowest BCUT2D eigenvalue weighted by Gasteiger charge is -2.26. The molecule has 5 rings (SSSR count). The molecular formula is C26H22Cl2N4O2. The number of Topliss-reactive ketones (excluding diaryl/α,β-unsaturated/α-hetero) is 1. The molecule has 0 saturated carbocycles. The number of ketones is 1. The minimum atomic E-state index is -0.203. The van der Waals surface area contributed by atoms with E-state index in [-0.39, 0.29) is 18.1 Å². The quantitative estimate of drug-likeness (QED) is 0.353. The zero-order valence-electron chi connectivity index (χ0n) is 18.8. The summed E-state index contributed by atoms with van der Waals surface area (Å²) >= 11 is 12.4. The Morgan fingerprint density at radius 3 is 2.59 bits per heavy atom. The highest BCUT2D eigenvalue weighted by Gasteiger charge is 2.28. The average molecular weight is 493 g/mol. The number of aromatic nitrogens is 3.